The molecule has 0 atom stereocenters. The Bertz CT molecular complexity index is 516. The molecule has 0 aromatic carbocycles. The third kappa shape index (κ3) is 3.48. The highest BCUT2D eigenvalue weighted by Crippen LogP contribution is 2.17. The molecule has 0 radical (unpaired) electrons. The Hall–Kier alpha value is -1.62. The summed E-state index contributed by atoms with van der Waals surface area (Å²) in [6.45, 7) is 7.39. The minimum Gasteiger partial charge on any atom is -0.364 e. The predicted molar refractivity (Wildman–Crippen MR) is 79.0 cm³/mol. The number of nitrogens with one attached hydrogen (secondary N) is 2. The van der Waals surface area contributed by atoms with Gasteiger partial charge >= 0.3 is 0 Å². The van der Waals surface area contributed by atoms with Crippen LogP contribution >= 0.6 is 0 Å². The third-order valence-electron chi connectivity index (χ3n) is 3.87. The lowest BCUT2D eigenvalue weighted by molar-refractivity contribution is 0.0688. The molecule has 5 nitrogen and oxygen atoms in total. The summed E-state index contributed by atoms with van der Waals surface area (Å²) in [5.74, 6) is 0.489. The number of pyridine rings is 1. The summed E-state index contributed by atoms with van der Waals surface area (Å²) in [7, 11) is 0. The van der Waals surface area contributed by atoms with E-state index in [2.05, 4.69) is 17.2 Å². The van der Waals surface area contributed by atoms with Crippen molar-refractivity contribution in [1.29, 1.82) is 0 Å². The van der Waals surface area contributed by atoms with Gasteiger partial charge in [-0.3, -0.25) is 9.59 Å². The van der Waals surface area contributed by atoms with Crippen LogP contribution in [0.4, 0.5) is 0 Å². The van der Waals surface area contributed by atoms with E-state index in [1.807, 2.05) is 6.92 Å². The van der Waals surface area contributed by atoms with Crippen LogP contribution in [0.2, 0.25) is 0 Å². The Kier molecular flexibility index (Phi) is 4.95. The zero-order valence-electron chi connectivity index (χ0n) is 12.2. The first-order chi connectivity index (χ1) is 9.61. The normalized spacial score (nSPS) is 16.4. The fourth-order valence-electron chi connectivity index (χ4n) is 2.60. The fourth-order valence-corrected chi connectivity index (χ4v) is 2.60. The van der Waals surface area contributed by atoms with Crippen LogP contribution in [-0.2, 0) is 0 Å². The van der Waals surface area contributed by atoms with E-state index in [1.54, 1.807) is 4.90 Å². The van der Waals surface area contributed by atoms with Crippen LogP contribution in [0, 0.1) is 12.8 Å². The van der Waals surface area contributed by atoms with Gasteiger partial charge in [0.05, 0.1) is 0 Å². The first-order valence-corrected chi connectivity index (χ1v) is 7.31. The third-order valence-corrected chi connectivity index (χ3v) is 3.87. The molecular weight excluding hydrogens is 254 g/mol. The molecule has 2 rings (SSSR count). The van der Waals surface area contributed by atoms with Gasteiger partial charge in [0.1, 0.15) is 5.56 Å². The van der Waals surface area contributed by atoms with Gasteiger partial charge in [0.15, 0.2) is 5.43 Å². The van der Waals surface area contributed by atoms with E-state index < -0.39 is 0 Å². The van der Waals surface area contributed by atoms with Crippen LogP contribution in [0.3, 0.4) is 0 Å². The van der Waals surface area contributed by atoms with E-state index in [0.717, 1.165) is 44.7 Å². The maximum atomic E-state index is 12.3. The molecule has 0 spiro atoms. The van der Waals surface area contributed by atoms with Crippen molar-refractivity contribution in [3.8, 4) is 0 Å². The van der Waals surface area contributed by atoms with E-state index >= 15 is 0 Å². The zero-order chi connectivity index (χ0) is 14.5. The number of hydrogen-bond donors (Lipinski definition) is 2. The predicted octanol–water partition coefficient (Wildman–Crippen LogP) is 1.15. The highest BCUT2D eigenvalue weighted by atomic mass is 16.2. The van der Waals surface area contributed by atoms with E-state index in [1.165, 1.54) is 12.3 Å². The van der Waals surface area contributed by atoms with Crippen molar-refractivity contribution in [2.75, 3.05) is 26.2 Å². The van der Waals surface area contributed by atoms with Gasteiger partial charge in [0.25, 0.3) is 5.91 Å². The van der Waals surface area contributed by atoms with Crippen LogP contribution < -0.4 is 10.7 Å². The lowest BCUT2D eigenvalue weighted by atomic mass is 9.96. The van der Waals surface area contributed by atoms with Crippen molar-refractivity contribution >= 4 is 5.91 Å². The highest BCUT2D eigenvalue weighted by Gasteiger charge is 2.24. The monoisotopic (exact) mass is 277 g/mol. The zero-order valence-corrected chi connectivity index (χ0v) is 12.2. The van der Waals surface area contributed by atoms with Crippen molar-refractivity contribution < 1.29 is 4.79 Å². The van der Waals surface area contributed by atoms with Crippen molar-refractivity contribution in [2.45, 2.75) is 26.7 Å². The molecule has 1 saturated heterocycles. The highest BCUT2D eigenvalue weighted by molar-refractivity contribution is 5.93. The molecule has 2 N–H and O–H groups in total. The maximum Gasteiger partial charge on any atom is 0.259 e. The second kappa shape index (κ2) is 6.70. The second-order valence-corrected chi connectivity index (χ2v) is 5.44. The minimum atomic E-state index is -0.193. The van der Waals surface area contributed by atoms with E-state index in [4.69, 9.17) is 0 Å². The van der Waals surface area contributed by atoms with Crippen molar-refractivity contribution in [1.82, 2.24) is 15.2 Å². The molecule has 1 aromatic heterocycles. The summed E-state index contributed by atoms with van der Waals surface area (Å²) >= 11 is 0. The minimum absolute atomic E-state index is 0.145. The van der Waals surface area contributed by atoms with E-state index in [9.17, 15) is 9.59 Å². The number of aromatic nitrogens is 1. The fraction of sp³-hybridized carbons (Fsp3) is 0.600. The molecule has 1 aliphatic rings. The average molecular weight is 277 g/mol. The SMILES string of the molecule is CCNCC1CCN(C(=O)c2c[nH]c(C)cc2=O)CC1. The van der Waals surface area contributed by atoms with Gasteiger partial charge in [0.2, 0.25) is 0 Å². The maximum absolute atomic E-state index is 12.3. The number of carbonyl (C=O) groups is 1. The number of H-pyrrole nitrogens is 1. The van der Waals surface area contributed by atoms with Crippen LogP contribution in [0.5, 0.6) is 0 Å². The van der Waals surface area contributed by atoms with Gasteiger partial charge in [0, 0.05) is 31.0 Å². The van der Waals surface area contributed by atoms with Gasteiger partial charge in [-0.15, -0.1) is 0 Å². The number of likely N-dealkylation sites (tertiary alicyclic amines) is 1. The lowest BCUT2D eigenvalue weighted by Gasteiger charge is -2.32. The van der Waals surface area contributed by atoms with Crippen LogP contribution in [-0.4, -0.2) is 42.0 Å². The molecule has 1 aromatic rings. The van der Waals surface area contributed by atoms with Crippen molar-refractivity contribution in [3.05, 3.63) is 33.7 Å². The summed E-state index contributed by atoms with van der Waals surface area (Å²) in [4.78, 5) is 28.9. The largest absolute Gasteiger partial charge is 0.364 e. The van der Waals surface area contributed by atoms with Gasteiger partial charge in [-0.1, -0.05) is 6.92 Å². The molecule has 1 amide bonds. The Morgan fingerprint density at radius 1 is 1.45 bits per heavy atom. The Morgan fingerprint density at radius 3 is 2.75 bits per heavy atom. The number of hydrogen-bond acceptors (Lipinski definition) is 3. The number of nitrogens with zero attached hydrogens (tertiary/aromatic N) is 1. The first kappa shape index (κ1) is 14.8. The quantitative estimate of drug-likeness (QED) is 0.867. The van der Waals surface area contributed by atoms with Crippen molar-refractivity contribution in [2.24, 2.45) is 5.92 Å². The van der Waals surface area contributed by atoms with Gasteiger partial charge in [-0.25, -0.2) is 0 Å². The molecule has 0 aliphatic carbocycles. The first-order valence-electron chi connectivity index (χ1n) is 7.31. The van der Waals surface area contributed by atoms with Crippen LogP contribution in [0.25, 0.3) is 0 Å². The summed E-state index contributed by atoms with van der Waals surface area (Å²) < 4.78 is 0. The van der Waals surface area contributed by atoms with Gasteiger partial charge in [-0.2, -0.15) is 0 Å². The summed E-state index contributed by atoms with van der Waals surface area (Å²) in [6, 6.07) is 1.48. The standard InChI is InChI=1S/C15H23N3O2/c1-3-16-9-12-4-6-18(7-5-12)15(20)13-10-17-11(2)8-14(13)19/h8,10,12,16H,3-7,9H2,1-2H3,(H,17,19). The van der Waals surface area contributed by atoms with Gasteiger partial charge < -0.3 is 15.2 Å². The van der Waals surface area contributed by atoms with Gasteiger partial charge in [-0.05, 0) is 38.8 Å². The summed E-state index contributed by atoms with van der Waals surface area (Å²) in [5, 5.41) is 3.35. The molecule has 2 heterocycles. The number of rotatable bonds is 4. The topological polar surface area (TPSA) is 65.2 Å². The van der Waals surface area contributed by atoms with Crippen molar-refractivity contribution in [3.63, 3.8) is 0 Å². The molecule has 0 saturated carbocycles. The molecule has 1 aliphatic heterocycles. The molecule has 5 heteroatoms. The van der Waals surface area contributed by atoms with Crippen LogP contribution in [0.15, 0.2) is 17.1 Å². The Balaban J connectivity index is 1.96. The number of carbonyl (C=O) groups excluding carboxylic acids is 1. The molecule has 0 bridgehead atoms. The Morgan fingerprint density at radius 2 is 2.15 bits per heavy atom. The van der Waals surface area contributed by atoms with Crippen LogP contribution in [0.1, 0.15) is 35.8 Å². The molecule has 0 unspecified atom stereocenters. The number of aryl methyl sites for hydroxylation is 1. The Labute approximate surface area is 119 Å². The summed E-state index contributed by atoms with van der Waals surface area (Å²) in [6.07, 6.45) is 3.54. The average Bonchev–Trinajstić information content (AvgIpc) is 2.45. The molecule has 110 valence electrons. The molecular formula is C15H23N3O2. The molecule has 1 fully saturated rings. The van der Waals surface area contributed by atoms with E-state index in [0.29, 0.717) is 5.92 Å². The number of aromatic amines is 1. The summed E-state index contributed by atoms with van der Waals surface area (Å²) in [5.41, 5.74) is 0.831. The smallest absolute Gasteiger partial charge is 0.259 e. The second-order valence-electron chi connectivity index (χ2n) is 5.44. The number of piperidine rings is 1. The van der Waals surface area contributed by atoms with E-state index in [-0.39, 0.29) is 16.9 Å². The lowest BCUT2D eigenvalue weighted by Crippen LogP contribution is -2.42. The molecule has 20 heavy (non-hydrogen) atoms. The number of amides is 1.